The van der Waals surface area contributed by atoms with Gasteiger partial charge in [0.25, 0.3) is 11.8 Å². The van der Waals surface area contributed by atoms with Gasteiger partial charge in [-0.3, -0.25) is 9.59 Å². The Labute approximate surface area is 209 Å². The lowest BCUT2D eigenvalue weighted by molar-refractivity contribution is 0.0735. The van der Waals surface area contributed by atoms with Crippen LogP contribution in [0.1, 0.15) is 56.1 Å². The molecule has 182 valence electrons. The molecule has 0 radical (unpaired) electrons. The fourth-order valence-electron chi connectivity index (χ4n) is 4.06. The number of nitrogens with zero attached hydrogens (tertiary/aromatic N) is 1. The van der Waals surface area contributed by atoms with E-state index in [1.165, 1.54) is 10.4 Å². The van der Waals surface area contributed by atoms with Gasteiger partial charge in [-0.05, 0) is 79.6 Å². The highest BCUT2D eigenvalue weighted by molar-refractivity contribution is 7.10. The highest BCUT2D eigenvalue weighted by Gasteiger charge is 2.24. The molecule has 1 aliphatic rings. The molecule has 0 fully saturated rings. The monoisotopic (exact) mass is 490 g/mol. The predicted molar refractivity (Wildman–Crippen MR) is 139 cm³/mol. The van der Waals surface area contributed by atoms with Gasteiger partial charge < -0.3 is 20.9 Å². The normalized spacial score (nSPS) is 12.7. The lowest BCUT2D eigenvalue weighted by Crippen LogP contribution is -2.39. The summed E-state index contributed by atoms with van der Waals surface area (Å²) in [5.74, 6) is -0.274. The maximum Gasteiger partial charge on any atom is 0.315 e. The van der Waals surface area contributed by atoms with E-state index in [0.717, 1.165) is 17.5 Å². The van der Waals surface area contributed by atoms with Crippen LogP contribution in [0.15, 0.2) is 53.9 Å². The number of amides is 4. The summed E-state index contributed by atoms with van der Waals surface area (Å²) < 4.78 is 0. The Morgan fingerprint density at radius 1 is 1.06 bits per heavy atom. The third-order valence-electron chi connectivity index (χ3n) is 6.00. The molecule has 0 spiro atoms. The molecule has 7 nitrogen and oxygen atoms in total. The molecule has 8 heteroatoms. The van der Waals surface area contributed by atoms with E-state index < -0.39 is 0 Å². The lowest BCUT2D eigenvalue weighted by Gasteiger charge is -2.28. The molecule has 0 atom stereocenters. The minimum Gasteiger partial charge on any atom is -0.336 e. The Morgan fingerprint density at radius 3 is 2.57 bits per heavy atom. The molecule has 4 amide bonds. The van der Waals surface area contributed by atoms with Gasteiger partial charge in [0.15, 0.2) is 0 Å². The summed E-state index contributed by atoms with van der Waals surface area (Å²) >= 11 is 1.75. The van der Waals surface area contributed by atoms with Crippen molar-refractivity contribution in [2.24, 2.45) is 0 Å². The maximum atomic E-state index is 13.2. The van der Waals surface area contributed by atoms with Crippen molar-refractivity contribution in [3.63, 3.8) is 0 Å². The summed E-state index contributed by atoms with van der Waals surface area (Å²) in [5, 5.41) is 10.6. The molecular formula is C27H30N4O3S. The van der Waals surface area contributed by atoms with Crippen LogP contribution < -0.4 is 16.0 Å². The van der Waals surface area contributed by atoms with Crippen LogP contribution in [0.25, 0.3) is 0 Å². The van der Waals surface area contributed by atoms with E-state index in [-0.39, 0.29) is 23.9 Å². The number of carbonyl (C=O) groups is 3. The zero-order valence-corrected chi connectivity index (χ0v) is 21.0. The number of hydrogen-bond acceptors (Lipinski definition) is 4. The number of anilines is 1. The van der Waals surface area contributed by atoms with Crippen LogP contribution >= 0.6 is 11.3 Å². The summed E-state index contributed by atoms with van der Waals surface area (Å²) in [5.41, 5.74) is 4.57. The Balaban J connectivity index is 1.39. The third-order valence-corrected chi connectivity index (χ3v) is 7.02. The van der Waals surface area contributed by atoms with Crippen LogP contribution in [0.3, 0.4) is 0 Å². The highest BCUT2D eigenvalue weighted by Crippen LogP contribution is 2.27. The summed E-state index contributed by atoms with van der Waals surface area (Å²) in [6.45, 7) is 7.34. The standard InChI is InChI=1S/C27H30N4O3S/c1-17(2)29-27(34)28-15-19-7-9-20(10-8-19)25(32)30-23-6-4-5-22(18(23)3)26(33)31-13-11-24-21(16-31)12-14-35-24/h4-10,12,14,17H,11,13,15-16H2,1-3H3,(H,30,32)(H2,28,29,34). The minimum absolute atomic E-state index is 0.0196. The Morgan fingerprint density at radius 2 is 1.83 bits per heavy atom. The number of benzene rings is 2. The highest BCUT2D eigenvalue weighted by atomic mass is 32.1. The topological polar surface area (TPSA) is 90.5 Å². The van der Waals surface area contributed by atoms with Crippen molar-refractivity contribution in [1.29, 1.82) is 0 Å². The molecular weight excluding hydrogens is 460 g/mol. The minimum atomic E-state index is -0.254. The van der Waals surface area contributed by atoms with Crippen LogP contribution in [0, 0.1) is 6.92 Å². The SMILES string of the molecule is Cc1c(NC(=O)c2ccc(CNC(=O)NC(C)C)cc2)cccc1C(=O)N1CCc2sccc2C1. The van der Waals surface area contributed by atoms with Gasteiger partial charge in [-0.1, -0.05) is 18.2 Å². The second kappa shape index (κ2) is 10.7. The third kappa shape index (κ3) is 5.89. The smallest absolute Gasteiger partial charge is 0.315 e. The molecule has 3 aromatic rings. The van der Waals surface area contributed by atoms with Gasteiger partial charge in [0, 0.05) is 47.4 Å². The number of nitrogens with one attached hydrogen (secondary N) is 3. The fraction of sp³-hybridized carbons (Fsp3) is 0.296. The number of carbonyl (C=O) groups excluding carboxylic acids is 3. The van der Waals surface area contributed by atoms with Gasteiger partial charge in [0.1, 0.15) is 0 Å². The quantitative estimate of drug-likeness (QED) is 0.467. The predicted octanol–water partition coefficient (Wildman–Crippen LogP) is 4.71. The zero-order chi connectivity index (χ0) is 24.9. The molecule has 1 aliphatic heterocycles. The first-order valence-electron chi connectivity index (χ1n) is 11.7. The average Bonchev–Trinajstić information content (AvgIpc) is 3.31. The van der Waals surface area contributed by atoms with E-state index >= 15 is 0 Å². The number of urea groups is 1. The van der Waals surface area contributed by atoms with Crippen molar-refractivity contribution in [3.8, 4) is 0 Å². The first-order chi connectivity index (χ1) is 16.8. The molecule has 0 aliphatic carbocycles. The fourth-order valence-corrected chi connectivity index (χ4v) is 4.95. The van der Waals surface area contributed by atoms with Crippen molar-refractivity contribution < 1.29 is 14.4 Å². The number of fused-ring (bicyclic) bond motifs is 1. The molecule has 2 heterocycles. The second-order valence-electron chi connectivity index (χ2n) is 8.96. The van der Waals surface area contributed by atoms with Crippen LogP contribution in [-0.4, -0.2) is 35.3 Å². The van der Waals surface area contributed by atoms with E-state index in [9.17, 15) is 14.4 Å². The van der Waals surface area contributed by atoms with E-state index in [2.05, 4.69) is 27.4 Å². The van der Waals surface area contributed by atoms with Crippen molar-refractivity contribution in [2.75, 3.05) is 11.9 Å². The Kier molecular flexibility index (Phi) is 7.51. The average molecular weight is 491 g/mol. The summed E-state index contributed by atoms with van der Waals surface area (Å²) in [7, 11) is 0. The van der Waals surface area contributed by atoms with E-state index in [4.69, 9.17) is 0 Å². The molecule has 0 saturated carbocycles. The number of hydrogen-bond donors (Lipinski definition) is 3. The van der Waals surface area contributed by atoms with Gasteiger partial charge >= 0.3 is 6.03 Å². The van der Waals surface area contributed by atoms with Crippen molar-refractivity contribution in [1.82, 2.24) is 15.5 Å². The van der Waals surface area contributed by atoms with Crippen LogP contribution in [0.4, 0.5) is 10.5 Å². The molecule has 35 heavy (non-hydrogen) atoms. The zero-order valence-electron chi connectivity index (χ0n) is 20.2. The number of rotatable bonds is 6. The molecule has 2 aromatic carbocycles. The van der Waals surface area contributed by atoms with E-state index in [1.807, 2.05) is 49.9 Å². The Hall–Kier alpha value is -3.65. The van der Waals surface area contributed by atoms with Crippen molar-refractivity contribution in [2.45, 2.75) is 46.3 Å². The summed E-state index contributed by atoms with van der Waals surface area (Å²) in [6, 6.07) is 14.4. The largest absolute Gasteiger partial charge is 0.336 e. The van der Waals surface area contributed by atoms with Crippen LogP contribution in [0.2, 0.25) is 0 Å². The van der Waals surface area contributed by atoms with Gasteiger partial charge in [0.05, 0.1) is 0 Å². The van der Waals surface area contributed by atoms with Crippen molar-refractivity contribution >= 4 is 34.9 Å². The maximum absolute atomic E-state index is 13.2. The molecule has 0 bridgehead atoms. The van der Waals surface area contributed by atoms with E-state index in [1.54, 1.807) is 29.5 Å². The Bertz CT molecular complexity index is 1230. The van der Waals surface area contributed by atoms with Crippen molar-refractivity contribution in [3.05, 3.63) is 86.6 Å². The molecule has 0 unspecified atom stereocenters. The van der Waals surface area contributed by atoms with Crippen LogP contribution in [-0.2, 0) is 19.5 Å². The van der Waals surface area contributed by atoms with Gasteiger partial charge in [-0.15, -0.1) is 11.3 Å². The summed E-state index contributed by atoms with van der Waals surface area (Å²) in [4.78, 5) is 41.1. The van der Waals surface area contributed by atoms with Gasteiger partial charge in [-0.2, -0.15) is 0 Å². The molecule has 3 N–H and O–H groups in total. The lowest BCUT2D eigenvalue weighted by atomic mass is 10.0. The van der Waals surface area contributed by atoms with E-state index in [0.29, 0.717) is 36.4 Å². The molecule has 0 saturated heterocycles. The van der Waals surface area contributed by atoms with Gasteiger partial charge in [0.2, 0.25) is 0 Å². The van der Waals surface area contributed by atoms with Gasteiger partial charge in [-0.25, -0.2) is 4.79 Å². The molecule has 4 rings (SSSR count). The molecule has 1 aromatic heterocycles. The number of thiophene rings is 1. The first-order valence-corrected chi connectivity index (χ1v) is 12.6. The second-order valence-corrected chi connectivity index (χ2v) is 9.96. The van der Waals surface area contributed by atoms with Crippen LogP contribution in [0.5, 0.6) is 0 Å². The summed E-state index contributed by atoms with van der Waals surface area (Å²) in [6.07, 6.45) is 0.877. The first kappa shape index (κ1) is 24.5.